The van der Waals surface area contributed by atoms with E-state index in [0.29, 0.717) is 26.7 Å². The molecule has 1 aliphatic rings. The highest BCUT2D eigenvalue weighted by molar-refractivity contribution is 9.10. The van der Waals surface area contributed by atoms with Crippen molar-refractivity contribution in [3.05, 3.63) is 90.1 Å². The number of aryl methyl sites for hydroxylation is 1. The number of carbonyl (C=O) groups is 1. The number of benzene rings is 2. The number of aromatic nitrogens is 1. The fraction of sp³-hybridized carbons (Fsp3) is 0.0952. The van der Waals surface area contributed by atoms with Crippen molar-refractivity contribution in [1.29, 1.82) is 0 Å². The fourth-order valence-corrected chi connectivity index (χ4v) is 4.87. The van der Waals surface area contributed by atoms with Crippen LogP contribution in [0, 0.1) is 6.92 Å². The van der Waals surface area contributed by atoms with Gasteiger partial charge in [-0.1, -0.05) is 39.7 Å². The molecule has 0 saturated heterocycles. The molecule has 0 N–H and O–H groups in total. The second-order valence-corrected chi connectivity index (χ2v) is 8.90. The van der Waals surface area contributed by atoms with Gasteiger partial charge in [-0.3, -0.25) is 14.5 Å². The van der Waals surface area contributed by atoms with Crippen molar-refractivity contribution in [2.75, 3.05) is 4.90 Å². The van der Waals surface area contributed by atoms with Crippen LogP contribution in [0.3, 0.4) is 0 Å². The zero-order valence-electron chi connectivity index (χ0n) is 15.0. The Morgan fingerprint density at radius 1 is 1.17 bits per heavy atom. The van der Waals surface area contributed by atoms with Crippen molar-refractivity contribution in [2.24, 2.45) is 0 Å². The molecule has 0 unspecified atom stereocenters. The molecule has 29 heavy (non-hydrogen) atoms. The monoisotopic (exact) mass is 486 g/mol. The van der Waals surface area contributed by atoms with Gasteiger partial charge in [0, 0.05) is 14.9 Å². The van der Waals surface area contributed by atoms with Gasteiger partial charge in [0.1, 0.15) is 5.58 Å². The zero-order chi connectivity index (χ0) is 20.3. The Morgan fingerprint density at radius 2 is 1.93 bits per heavy atom. The number of fused-ring (bicyclic) bond motifs is 2. The normalized spacial score (nSPS) is 15.9. The molecule has 8 heteroatoms. The molecule has 0 spiro atoms. The van der Waals surface area contributed by atoms with Crippen LogP contribution in [-0.2, 0) is 0 Å². The van der Waals surface area contributed by atoms with E-state index < -0.39 is 6.04 Å². The Bertz CT molecular complexity index is 1350. The van der Waals surface area contributed by atoms with E-state index in [4.69, 9.17) is 16.0 Å². The van der Waals surface area contributed by atoms with Gasteiger partial charge < -0.3 is 4.42 Å². The van der Waals surface area contributed by atoms with E-state index in [2.05, 4.69) is 20.9 Å². The summed E-state index contributed by atoms with van der Waals surface area (Å²) in [6.45, 7) is 1.86. The lowest BCUT2D eigenvalue weighted by atomic mass is 9.99. The first-order valence-electron chi connectivity index (χ1n) is 8.71. The molecule has 144 valence electrons. The molecule has 1 atom stereocenters. The summed E-state index contributed by atoms with van der Waals surface area (Å²) in [5.41, 5.74) is 2.02. The lowest BCUT2D eigenvalue weighted by Gasteiger charge is -2.22. The van der Waals surface area contributed by atoms with E-state index in [0.717, 1.165) is 15.7 Å². The maximum atomic E-state index is 13.4. The van der Waals surface area contributed by atoms with Gasteiger partial charge in [0.15, 0.2) is 10.6 Å². The van der Waals surface area contributed by atoms with Crippen LogP contribution in [0.4, 0.5) is 5.13 Å². The maximum Gasteiger partial charge on any atom is 0.297 e. The van der Waals surface area contributed by atoms with Crippen molar-refractivity contribution in [1.82, 2.24) is 4.98 Å². The standard InChI is InChI=1S/C21H12BrClN2O3S/c1-10-9-29-21(24-10)25-17(11-2-5-13(23)6-3-11)16-18(26)14-8-12(22)4-7-15(14)28-19(16)20(25)27/h2-9,17H,1H3/t17-/m0/s1. The minimum Gasteiger partial charge on any atom is -0.450 e. The van der Waals surface area contributed by atoms with E-state index in [-0.39, 0.29) is 17.1 Å². The number of hydrogen-bond donors (Lipinski definition) is 0. The first-order valence-corrected chi connectivity index (χ1v) is 10.8. The molecule has 0 radical (unpaired) electrons. The van der Waals surface area contributed by atoms with Crippen LogP contribution in [0.5, 0.6) is 0 Å². The summed E-state index contributed by atoms with van der Waals surface area (Å²) >= 11 is 10.8. The molecule has 1 amide bonds. The first-order chi connectivity index (χ1) is 13.9. The van der Waals surface area contributed by atoms with Crippen molar-refractivity contribution in [2.45, 2.75) is 13.0 Å². The molecule has 2 aromatic heterocycles. The van der Waals surface area contributed by atoms with E-state index in [9.17, 15) is 9.59 Å². The molecule has 0 fully saturated rings. The highest BCUT2D eigenvalue weighted by Gasteiger charge is 2.44. The number of nitrogens with zero attached hydrogens (tertiary/aromatic N) is 2. The molecule has 5 rings (SSSR count). The molecular formula is C21H12BrClN2O3S. The molecule has 2 aromatic carbocycles. The average molecular weight is 488 g/mol. The van der Waals surface area contributed by atoms with Crippen molar-refractivity contribution < 1.29 is 9.21 Å². The van der Waals surface area contributed by atoms with Crippen LogP contribution in [0.1, 0.15) is 33.4 Å². The number of rotatable bonds is 2. The minimum atomic E-state index is -0.639. The third-order valence-electron chi connectivity index (χ3n) is 4.83. The van der Waals surface area contributed by atoms with E-state index in [1.165, 1.54) is 16.2 Å². The molecule has 0 saturated carbocycles. The lowest BCUT2D eigenvalue weighted by molar-refractivity contribution is 0.0971. The zero-order valence-corrected chi connectivity index (χ0v) is 18.1. The Hall–Kier alpha value is -2.48. The predicted octanol–water partition coefficient (Wildman–Crippen LogP) is 5.72. The van der Waals surface area contributed by atoms with Crippen LogP contribution < -0.4 is 10.3 Å². The minimum absolute atomic E-state index is 0.0534. The number of anilines is 1. The van der Waals surface area contributed by atoms with Crippen molar-refractivity contribution in [3.8, 4) is 0 Å². The molecule has 5 nitrogen and oxygen atoms in total. The molecule has 3 heterocycles. The molecule has 1 aliphatic heterocycles. The number of hydrogen-bond acceptors (Lipinski definition) is 5. The van der Waals surface area contributed by atoms with Crippen LogP contribution >= 0.6 is 38.9 Å². The second-order valence-electron chi connectivity index (χ2n) is 6.72. The Kier molecular flexibility index (Phi) is 4.34. The van der Waals surface area contributed by atoms with Crippen LogP contribution in [0.25, 0.3) is 11.0 Å². The van der Waals surface area contributed by atoms with Crippen molar-refractivity contribution in [3.63, 3.8) is 0 Å². The third-order valence-corrected chi connectivity index (χ3v) is 6.53. The number of thiazole rings is 1. The summed E-state index contributed by atoms with van der Waals surface area (Å²) in [5.74, 6) is -0.325. The largest absolute Gasteiger partial charge is 0.450 e. The summed E-state index contributed by atoms with van der Waals surface area (Å²) in [6.07, 6.45) is 0. The first kappa shape index (κ1) is 18.5. The van der Waals surface area contributed by atoms with Gasteiger partial charge in [-0.05, 0) is 42.8 Å². The number of amides is 1. The highest BCUT2D eigenvalue weighted by Crippen LogP contribution is 2.42. The quantitative estimate of drug-likeness (QED) is 0.362. The number of carbonyl (C=O) groups excluding carboxylic acids is 1. The van der Waals surface area contributed by atoms with Crippen LogP contribution in [-0.4, -0.2) is 10.9 Å². The molecule has 0 aliphatic carbocycles. The molecule has 4 aromatic rings. The van der Waals surface area contributed by atoms with Gasteiger partial charge in [0.25, 0.3) is 5.91 Å². The summed E-state index contributed by atoms with van der Waals surface area (Å²) in [6, 6.07) is 11.6. The predicted molar refractivity (Wildman–Crippen MR) is 117 cm³/mol. The molecule has 0 bridgehead atoms. The van der Waals surface area contributed by atoms with Gasteiger partial charge in [0.2, 0.25) is 5.76 Å². The summed E-state index contributed by atoms with van der Waals surface area (Å²) in [4.78, 5) is 32.8. The topological polar surface area (TPSA) is 63.4 Å². The third kappa shape index (κ3) is 2.92. The second kappa shape index (κ2) is 6.79. The van der Waals surface area contributed by atoms with Crippen LogP contribution in [0.15, 0.2) is 61.5 Å². The molecular weight excluding hydrogens is 476 g/mol. The van der Waals surface area contributed by atoms with Crippen LogP contribution in [0.2, 0.25) is 5.02 Å². The summed E-state index contributed by atoms with van der Waals surface area (Å²) in [7, 11) is 0. The summed E-state index contributed by atoms with van der Waals surface area (Å²) in [5, 5.41) is 3.38. The maximum absolute atomic E-state index is 13.4. The lowest BCUT2D eigenvalue weighted by Crippen LogP contribution is -2.29. The van der Waals surface area contributed by atoms with E-state index in [1.54, 1.807) is 30.3 Å². The van der Waals surface area contributed by atoms with E-state index in [1.807, 2.05) is 24.4 Å². The fourth-order valence-electron chi connectivity index (χ4n) is 3.56. The van der Waals surface area contributed by atoms with Gasteiger partial charge >= 0.3 is 0 Å². The van der Waals surface area contributed by atoms with Gasteiger partial charge in [-0.25, -0.2) is 4.98 Å². The highest BCUT2D eigenvalue weighted by atomic mass is 79.9. The SMILES string of the molecule is Cc1csc(N2C(=O)c3oc4ccc(Br)cc4c(=O)c3[C@@H]2c2ccc(Cl)cc2)n1. The van der Waals surface area contributed by atoms with Gasteiger partial charge in [-0.2, -0.15) is 0 Å². The number of halogens is 2. The Labute approximate surface area is 182 Å². The van der Waals surface area contributed by atoms with Gasteiger partial charge in [0.05, 0.1) is 22.7 Å². The smallest absolute Gasteiger partial charge is 0.297 e. The summed E-state index contributed by atoms with van der Waals surface area (Å²) < 4.78 is 6.69. The average Bonchev–Trinajstić information content (AvgIpc) is 3.25. The Morgan fingerprint density at radius 3 is 2.62 bits per heavy atom. The Balaban J connectivity index is 1.83. The van der Waals surface area contributed by atoms with Crippen molar-refractivity contribution >= 4 is 60.9 Å². The van der Waals surface area contributed by atoms with E-state index >= 15 is 0 Å². The van der Waals surface area contributed by atoms with Gasteiger partial charge in [-0.15, -0.1) is 11.3 Å².